The van der Waals surface area contributed by atoms with Gasteiger partial charge in [-0.05, 0) is 80.1 Å². The molecule has 0 saturated heterocycles. The molecule has 0 spiro atoms. The molecule has 7 atom stereocenters. The Labute approximate surface area is 173 Å². The number of hydrogen-bond acceptors (Lipinski definition) is 4. The van der Waals surface area contributed by atoms with Gasteiger partial charge in [0.2, 0.25) is 0 Å². The zero-order chi connectivity index (χ0) is 21.6. The fourth-order valence-electron chi connectivity index (χ4n) is 7.31. The molecular weight excluding hydrogens is 368 g/mol. The van der Waals surface area contributed by atoms with Crippen molar-refractivity contribution in [2.24, 2.45) is 34.5 Å². The Hall–Kier alpha value is -1.49. The average Bonchev–Trinajstić information content (AvgIpc) is 2.93. The second-order valence-electron chi connectivity index (χ2n) is 10.2. The van der Waals surface area contributed by atoms with Crippen molar-refractivity contribution >= 4 is 17.5 Å². The fraction of sp³-hybridized carbons (Fsp3) is 0.792. The van der Waals surface area contributed by atoms with Crippen LogP contribution in [0.15, 0.2) is 11.6 Å². The Bertz CT molecular complexity index is 725. The van der Waals surface area contributed by atoms with Crippen LogP contribution in [0.5, 0.6) is 0 Å². The van der Waals surface area contributed by atoms with Gasteiger partial charge in [-0.15, -0.1) is 0 Å². The monoisotopic (exact) mass is 404 g/mol. The number of ketones is 2. The van der Waals surface area contributed by atoms with Gasteiger partial charge >= 0.3 is 5.97 Å². The molecule has 162 valence electrons. The van der Waals surface area contributed by atoms with Gasteiger partial charge in [-0.3, -0.25) is 14.4 Å². The molecule has 5 nitrogen and oxygen atoms in total. The number of rotatable bonds is 2. The first-order chi connectivity index (χ1) is 13.5. The molecule has 0 aliphatic heterocycles. The van der Waals surface area contributed by atoms with Crippen molar-refractivity contribution in [1.82, 2.24) is 0 Å². The van der Waals surface area contributed by atoms with Gasteiger partial charge in [0, 0.05) is 18.8 Å². The maximum Gasteiger partial charge on any atom is 0.303 e. The number of Topliss-reactive ketones (excluding diaryl/α,β-unsaturated/α-hetero) is 1. The SMILES string of the molecule is CC(=O)[C@H]1C(O)C[C@H]2[C@@H]3CCC4=CC(=O)CC[C@]4(C)[C@H]3CC[C@]12C.CCC(=O)O. The summed E-state index contributed by atoms with van der Waals surface area (Å²) in [6, 6.07) is 0. The van der Waals surface area contributed by atoms with Gasteiger partial charge in [0.05, 0.1) is 6.10 Å². The molecule has 0 aromatic heterocycles. The summed E-state index contributed by atoms with van der Waals surface area (Å²) in [7, 11) is 0. The summed E-state index contributed by atoms with van der Waals surface area (Å²) in [6.45, 7) is 7.89. The Morgan fingerprint density at radius 2 is 1.79 bits per heavy atom. The van der Waals surface area contributed by atoms with Crippen molar-refractivity contribution in [2.45, 2.75) is 85.2 Å². The van der Waals surface area contributed by atoms with Gasteiger partial charge < -0.3 is 10.2 Å². The van der Waals surface area contributed by atoms with Crippen LogP contribution in [0.3, 0.4) is 0 Å². The normalized spacial score (nSPS) is 43.1. The summed E-state index contributed by atoms with van der Waals surface area (Å²) in [4.78, 5) is 33.4. The van der Waals surface area contributed by atoms with Crippen LogP contribution in [0.4, 0.5) is 0 Å². The second kappa shape index (κ2) is 7.98. The quantitative estimate of drug-likeness (QED) is 0.720. The minimum atomic E-state index is -0.745. The number of hydrogen-bond donors (Lipinski definition) is 2. The Morgan fingerprint density at radius 3 is 2.38 bits per heavy atom. The maximum atomic E-state index is 12.2. The molecule has 4 aliphatic rings. The predicted octanol–water partition coefficient (Wildman–Crippen LogP) is 4.18. The van der Waals surface area contributed by atoms with Crippen LogP contribution in [0.25, 0.3) is 0 Å². The lowest BCUT2D eigenvalue weighted by molar-refractivity contribution is -0.136. The van der Waals surface area contributed by atoms with Crippen LogP contribution in [-0.2, 0) is 14.4 Å². The van der Waals surface area contributed by atoms with Gasteiger partial charge in [-0.1, -0.05) is 26.3 Å². The van der Waals surface area contributed by atoms with Crippen LogP contribution in [-0.4, -0.2) is 33.9 Å². The average molecular weight is 405 g/mol. The van der Waals surface area contributed by atoms with E-state index in [1.165, 1.54) is 5.57 Å². The topological polar surface area (TPSA) is 91.7 Å². The van der Waals surface area contributed by atoms with Crippen molar-refractivity contribution in [3.63, 3.8) is 0 Å². The standard InChI is InChI=1S/C21H30O3.C3H6O2/c1-12(22)19-18(24)11-17-15-5-4-13-10-14(23)6-8-20(13,2)16(15)7-9-21(17,19)3;1-2-3(4)5/h10,15-19,24H,4-9,11H2,1-3H3;2H2,1H3,(H,4,5)/t15-,16+,17+,18?,19+,20+,21+;/m1./s1. The number of aliphatic carboxylic acids is 1. The lowest BCUT2D eigenvalue weighted by atomic mass is 9.46. The van der Waals surface area contributed by atoms with Crippen molar-refractivity contribution in [3.8, 4) is 0 Å². The van der Waals surface area contributed by atoms with Crippen LogP contribution >= 0.6 is 0 Å². The summed E-state index contributed by atoms with van der Waals surface area (Å²) in [5.41, 5.74) is 1.51. The first-order valence-electron chi connectivity index (χ1n) is 11.2. The molecule has 2 N–H and O–H groups in total. The maximum absolute atomic E-state index is 12.2. The van der Waals surface area contributed by atoms with Crippen LogP contribution < -0.4 is 0 Å². The molecule has 0 bridgehead atoms. The summed E-state index contributed by atoms with van der Waals surface area (Å²) in [5.74, 6) is 1.20. The number of carbonyl (C=O) groups excluding carboxylic acids is 2. The van der Waals surface area contributed by atoms with E-state index in [0.29, 0.717) is 30.0 Å². The van der Waals surface area contributed by atoms with Gasteiger partial charge in [0.1, 0.15) is 5.78 Å². The predicted molar refractivity (Wildman–Crippen MR) is 110 cm³/mol. The van der Waals surface area contributed by atoms with E-state index in [0.717, 1.165) is 38.5 Å². The van der Waals surface area contributed by atoms with Crippen molar-refractivity contribution in [3.05, 3.63) is 11.6 Å². The lowest BCUT2D eigenvalue weighted by Crippen LogP contribution is -2.51. The van der Waals surface area contributed by atoms with Crippen molar-refractivity contribution in [1.29, 1.82) is 0 Å². The number of aliphatic hydroxyl groups is 1. The van der Waals surface area contributed by atoms with E-state index in [1.807, 2.05) is 6.08 Å². The summed E-state index contributed by atoms with van der Waals surface area (Å²) in [5, 5.41) is 18.3. The van der Waals surface area contributed by atoms with Crippen molar-refractivity contribution in [2.75, 3.05) is 0 Å². The number of allylic oxidation sites excluding steroid dienone is 1. The zero-order valence-corrected chi connectivity index (χ0v) is 18.2. The van der Waals surface area contributed by atoms with E-state index in [2.05, 4.69) is 13.8 Å². The van der Waals surface area contributed by atoms with E-state index in [4.69, 9.17) is 5.11 Å². The number of aliphatic hydroxyl groups excluding tert-OH is 1. The Kier molecular flexibility index (Phi) is 6.11. The number of carboxylic acids is 1. The molecule has 3 fully saturated rings. The molecule has 0 amide bonds. The first kappa shape index (κ1) is 22.2. The first-order valence-corrected chi connectivity index (χ1v) is 11.2. The third kappa shape index (κ3) is 3.71. The molecule has 29 heavy (non-hydrogen) atoms. The molecule has 4 aliphatic carbocycles. The van der Waals surface area contributed by atoms with E-state index < -0.39 is 12.1 Å². The number of carboxylic acid groups (broad SMARTS) is 1. The van der Waals surface area contributed by atoms with Gasteiger partial charge in [-0.25, -0.2) is 0 Å². The van der Waals surface area contributed by atoms with E-state index in [9.17, 15) is 19.5 Å². The lowest BCUT2D eigenvalue weighted by Gasteiger charge is -2.57. The molecule has 0 aromatic carbocycles. The van der Waals surface area contributed by atoms with E-state index in [1.54, 1.807) is 13.8 Å². The molecular formula is C24H36O5. The van der Waals surface area contributed by atoms with Crippen molar-refractivity contribution < 1.29 is 24.6 Å². The van der Waals surface area contributed by atoms with Crippen LogP contribution in [0.2, 0.25) is 0 Å². The molecule has 0 heterocycles. The molecule has 5 heteroatoms. The minimum Gasteiger partial charge on any atom is -0.481 e. The highest BCUT2D eigenvalue weighted by atomic mass is 16.4. The number of carbonyl (C=O) groups is 3. The van der Waals surface area contributed by atoms with Gasteiger partial charge in [-0.2, -0.15) is 0 Å². The van der Waals surface area contributed by atoms with E-state index in [-0.39, 0.29) is 29.0 Å². The largest absolute Gasteiger partial charge is 0.481 e. The van der Waals surface area contributed by atoms with E-state index >= 15 is 0 Å². The van der Waals surface area contributed by atoms with Gasteiger partial charge in [0.15, 0.2) is 5.78 Å². The second-order valence-corrected chi connectivity index (χ2v) is 10.2. The highest BCUT2D eigenvalue weighted by Gasteiger charge is 2.62. The third-order valence-electron chi connectivity index (χ3n) is 8.73. The molecule has 3 saturated carbocycles. The highest BCUT2D eigenvalue weighted by Crippen LogP contribution is 2.66. The third-order valence-corrected chi connectivity index (χ3v) is 8.73. The minimum absolute atomic E-state index is 0.0333. The fourth-order valence-corrected chi connectivity index (χ4v) is 7.31. The number of fused-ring (bicyclic) bond motifs is 5. The highest BCUT2D eigenvalue weighted by molar-refractivity contribution is 5.91. The van der Waals surface area contributed by atoms with Crippen LogP contribution in [0.1, 0.15) is 79.1 Å². The molecule has 4 rings (SSSR count). The van der Waals surface area contributed by atoms with Gasteiger partial charge in [0.25, 0.3) is 0 Å². The summed E-state index contributed by atoms with van der Waals surface area (Å²) < 4.78 is 0. The molecule has 0 radical (unpaired) electrons. The summed E-state index contributed by atoms with van der Waals surface area (Å²) >= 11 is 0. The molecule has 0 aromatic rings. The summed E-state index contributed by atoms with van der Waals surface area (Å²) in [6.07, 6.45) is 8.48. The zero-order valence-electron chi connectivity index (χ0n) is 18.2. The Balaban J connectivity index is 0.000000431. The smallest absolute Gasteiger partial charge is 0.303 e. The van der Waals surface area contributed by atoms with Crippen LogP contribution in [0, 0.1) is 34.5 Å². The molecule has 1 unspecified atom stereocenters. The Morgan fingerprint density at radius 1 is 1.14 bits per heavy atom.